The summed E-state index contributed by atoms with van der Waals surface area (Å²) in [7, 11) is 0.603. The van der Waals surface area contributed by atoms with Crippen LogP contribution in [0.2, 0.25) is 0 Å². The van der Waals surface area contributed by atoms with Gasteiger partial charge in [-0.1, -0.05) is 25.5 Å². The highest BCUT2D eigenvalue weighted by Gasteiger charge is 2.26. The van der Waals surface area contributed by atoms with Crippen molar-refractivity contribution in [3.63, 3.8) is 0 Å². The van der Waals surface area contributed by atoms with E-state index in [1.54, 1.807) is 0 Å². The van der Waals surface area contributed by atoms with E-state index in [2.05, 4.69) is 25.7 Å². The summed E-state index contributed by atoms with van der Waals surface area (Å²) in [4.78, 5) is 15.9. The van der Waals surface area contributed by atoms with Gasteiger partial charge < -0.3 is 15.4 Å². The van der Waals surface area contributed by atoms with Crippen molar-refractivity contribution in [2.24, 2.45) is 4.99 Å². The van der Waals surface area contributed by atoms with Crippen molar-refractivity contribution in [2.75, 3.05) is 24.7 Å². The summed E-state index contributed by atoms with van der Waals surface area (Å²) < 4.78 is 16.7. The van der Waals surface area contributed by atoms with Crippen LogP contribution in [0.25, 0.3) is 0 Å². The average molecular weight is 409 g/mol. The second kappa shape index (κ2) is 11.7. The van der Waals surface area contributed by atoms with Gasteiger partial charge in [0.2, 0.25) is 0 Å². The van der Waals surface area contributed by atoms with Crippen molar-refractivity contribution in [3.05, 3.63) is 29.8 Å². The number of ether oxygens (including phenoxy) is 1. The number of hydrogen-bond donors (Lipinski definition) is 3. The largest absolute Gasteiger partial charge is 0.453 e. The molecule has 8 heteroatoms. The Labute approximate surface area is 170 Å². The highest BCUT2D eigenvalue weighted by Crippen LogP contribution is 2.23. The molecule has 0 heterocycles. The highest BCUT2D eigenvalue weighted by molar-refractivity contribution is 7.85. The molecule has 3 unspecified atom stereocenters. The molecule has 3 N–H and O–H groups in total. The smallest absolute Gasteiger partial charge is 0.411 e. The fourth-order valence-corrected chi connectivity index (χ4v) is 4.64. The molecule has 0 spiro atoms. The molecule has 1 amide bonds. The first-order chi connectivity index (χ1) is 13.5. The molecule has 0 aromatic heterocycles. The zero-order valence-corrected chi connectivity index (χ0v) is 17.8. The van der Waals surface area contributed by atoms with Crippen LogP contribution in [-0.2, 0) is 22.1 Å². The van der Waals surface area contributed by atoms with Crippen LogP contribution < -0.4 is 16.0 Å². The lowest BCUT2D eigenvalue weighted by Crippen LogP contribution is -2.46. The van der Waals surface area contributed by atoms with Crippen molar-refractivity contribution in [1.29, 1.82) is 0 Å². The monoisotopic (exact) mass is 408 g/mol. The number of benzene rings is 1. The van der Waals surface area contributed by atoms with Gasteiger partial charge in [-0.25, -0.2) is 9.79 Å². The van der Waals surface area contributed by atoms with E-state index >= 15 is 0 Å². The third-order valence-corrected chi connectivity index (χ3v) is 6.51. The molecule has 1 aromatic rings. The van der Waals surface area contributed by atoms with Crippen LogP contribution in [0, 0.1) is 0 Å². The van der Waals surface area contributed by atoms with Gasteiger partial charge in [0.25, 0.3) is 0 Å². The first-order valence-corrected chi connectivity index (χ1v) is 11.3. The van der Waals surface area contributed by atoms with E-state index in [4.69, 9.17) is 0 Å². The Morgan fingerprint density at radius 2 is 2.00 bits per heavy atom. The number of guanidine groups is 1. The third-order valence-electron chi connectivity index (χ3n) is 4.77. The van der Waals surface area contributed by atoms with Gasteiger partial charge in [-0.2, -0.15) is 0 Å². The van der Waals surface area contributed by atoms with Crippen LogP contribution in [0.15, 0.2) is 29.3 Å². The number of nitrogens with one attached hydrogen (secondary N) is 3. The SMILES string of the molecule is CCNC(=NCc1ccc(NC(=O)OC)cc1)NC1CCCC(S(=O)CC)C1. The molecule has 0 aliphatic heterocycles. The van der Waals surface area contributed by atoms with Crippen LogP contribution >= 0.6 is 0 Å². The number of methoxy groups -OCH3 is 1. The number of hydrogen-bond acceptors (Lipinski definition) is 4. The van der Waals surface area contributed by atoms with Gasteiger partial charge in [0.15, 0.2) is 5.96 Å². The van der Waals surface area contributed by atoms with Crippen LogP contribution in [-0.4, -0.2) is 47.0 Å². The lowest BCUT2D eigenvalue weighted by molar-refractivity contribution is 0.187. The fraction of sp³-hybridized carbons (Fsp3) is 0.600. The standard InChI is InChI=1S/C20H32N4O3S/c1-4-21-19(23-17-7-6-8-18(13-17)28(26)5-2)22-14-15-9-11-16(12-10-15)24-20(25)27-3/h9-12,17-18H,4-8,13-14H2,1-3H3,(H,24,25)(H2,21,22,23). The summed E-state index contributed by atoms with van der Waals surface area (Å²) in [6.45, 7) is 5.35. The van der Waals surface area contributed by atoms with Crippen molar-refractivity contribution < 1.29 is 13.7 Å². The molecular weight excluding hydrogens is 376 g/mol. The molecule has 2 rings (SSSR count). The lowest BCUT2D eigenvalue weighted by Gasteiger charge is -2.30. The maximum atomic E-state index is 12.2. The molecular formula is C20H32N4O3S. The Kier molecular flexibility index (Phi) is 9.27. The minimum absolute atomic E-state index is 0.286. The van der Waals surface area contributed by atoms with Crippen molar-refractivity contribution in [3.8, 4) is 0 Å². The summed E-state index contributed by atoms with van der Waals surface area (Å²) >= 11 is 0. The summed E-state index contributed by atoms with van der Waals surface area (Å²) in [5, 5.41) is 9.72. The summed E-state index contributed by atoms with van der Waals surface area (Å²) in [5.41, 5.74) is 1.73. The molecule has 0 bridgehead atoms. The van der Waals surface area contributed by atoms with E-state index in [9.17, 15) is 9.00 Å². The molecule has 7 nitrogen and oxygen atoms in total. The van der Waals surface area contributed by atoms with E-state index in [0.29, 0.717) is 18.3 Å². The number of anilines is 1. The summed E-state index contributed by atoms with van der Waals surface area (Å²) in [6, 6.07) is 7.82. The van der Waals surface area contributed by atoms with E-state index in [1.165, 1.54) is 7.11 Å². The topological polar surface area (TPSA) is 91.8 Å². The van der Waals surface area contributed by atoms with Crippen molar-refractivity contribution in [1.82, 2.24) is 10.6 Å². The van der Waals surface area contributed by atoms with Crippen LogP contribution in [0.3, 0.4) is 0 Å². The molecule has 1 fully saturated rings. The zero-order chi connectivity index (χ0) is 20.4. The quantitative estimate of drug-likeness (QED) is 0.476. The summed E-state index contributed by atoms with van der Waals surface area (Å²) in [6.07, 6.45) is 3.67. The minimum Gasteiger partial charge on any atom is -0.453 e. The van der Waals surface area contributed by atoms with Gasteiger partial charge in [0.05, 0.1) is 13.7 Å². The van der Waals surface area contributed by atoms with Crippen molar-refractivity contribution in [2.45, 2.75) is 57.4 Å². The fourth-order valence-electron chi connectivity index (χ4n) is 3.30. The number of aliphatic imine (C=N–C) groups is 1. The second-order valence-corrected chi connectivity index (χ2v) is 8.81. The average Bonchev–Trinajstić information content (AvgIpc) is 2.72. The molecule has 28 heavy (non-hydrogen) atoms. The van der Waals surface area contributed by atoms with Crippen molar-refractivity contribution >= 4 is 28.5 Å². The number of carbonyl (C=O) groups is 1. The molecule has 0 saturated heterocycles. The summed E-state index contributed by atoms with van der Waals surface area (Å²) in [5.74, 6) is 1.51. The van der Waals surface area contributed by atoms with Crippen LogP contribution in [0.4, 0.5) is 10.5 Å². The van der Waals surface area contributed by atoms with Gasteiger partial charge in [-0.3, -0.25) is 9.53 Å². The zero-order valence-electron chi connectivity index (χ0n) is 17.0. The van der Waals surface area contributed by atoms with Gasteiger partial charge >= 0.3 is 6.09 Å². The maximum absolute atomic E-state index is 12.2. The Morgan fingerprint density at radius 1 is 1.25 bits per heavy atom. The van der Waals surface area contributed by atoms with Gasteiger partial charge in [0.1, 0.15) is 0 Å². The third kappa shape index (κ3) is 7.14. The molecule has 156 valence electrons. The Balaban J connectivity index is 1.94. The minimum atomic E-state index is -0.733. The predicted octanol–water partition coefficient (Wildman–Crippen LogP) is 3.00. The molecule has 3 atom stereocenters. The molecule has 0 radical (unpaired) electrons. The first kappa shape index (κ1) is 22.2. The molecule has 1 aliphatic rings. The van der Waals surface area contributed by atoms with E-state index < -0.39 is 16.9 Å². The molecule has 1 aromatic carbocycles. The Morgan fingerprint density at radius 3 is 2.64 bits per heavy atom. The predicted molar refractivity (Wildman–Crippen MR) is 115 cm³/mol. The maximum Gasteiger partial charge on any atom is 0.411 e. The van der Waals surface area contributed by atoms with Crippen LogP contribution in [0.1, 0.15) is 45.1 Å². The first-order valence-electron chi connectivity index (χ1n) is 9.91. The number of rotatable bonds is 7. The Hall–Kier alpha value is -2.09. The van der Waals surface area contributed by atoms with E-state index in [-0.39, 0.29) is 5.25 Å². The van der Waals surface area contributed by atoms with Gasteiger partial charge in [-0.05, 0) is 43.9 Å². The van der Waals surface area contributed by atoms with E-state index in [0.717, 1.165) is 49.5 Å². The lowest BCUT2D eigenvalue weighted by atomic mass is 9.95. The second-order valence-electron chi connectivity index (χ2n) is 6.81. The number of amides is 1. The molecule has 1 aliphatic carbocycles. The van der Waals surface area contributed by atoms with Gasteiger partial charge in [-0.15, -0.1) is 0 Å². The highest BCUT2D eigenvalue weighted by atomic mass is 32.2. The van der Waals surface area contributed by atoms with E-state index in [1.807, 2.05) is 38.1 Å². The van der Waals surface area contributed by atoms with Crippen LogP contribution in [0.5, 0.6) is 0 Å². The number of nitrogens with zero attached hydrogens (tertiary/aromatic N) is 1. The molecule has 1 saturated carbocycles. The normalized spacial score (nSPS) is 20.9. The Bertz CT molecular complexity index is 679. The number of carbonyl (C=O) groups excluding carboxylic acids is 1. The van der Waals surface area contributed by atoms with Gasteiger partial charge in [0, 0.05) is 40.1 Å².